The van der Waals surface area contributed by atoms with Crippen LogP contribution in [0.25, 0.3) is 0 Å². The van der Waals surface area contributed by atoms with Crippen molar-refractivity contribution in [3.05, 3.63) is 0 Å². The molecular weight excluding hydrogens is 146 g/mol. The van der Waals surface area contributed by atoms with E-state index in [9.17, 15) is 0 Å². The molecule has 1 atom stereocenters. The van der Waals surface area contributed by atoms with Crippen LogP contribution in [-0.2, 0) is 0 Å². The van der Waals surface area contributed by atoms with Gasteiger partial charge in [-0.05, 0) is 25.3 Å². The zero-order valence-corrected chi connectivity index (χ0v) is 9.81. The summed E-state index contributed by atoms with van der Waals surface area (Å²) in [6.45, 7) is 14.9. The fourth-order valence-electron chi connectivity index (χ4n) is 1.40. The van der Waals surface area contributed by atoms with Crippen LogP contribution < -0.4 is 0 Å². The van der Waals surface area contributed by atoms with Gasteiger partial charge in [0, 0.05) is 12.6 Å². The second-order valence-corrected chi connectivity index (χ2v) is 5.46. The molecule has 0 fully saturated rings. The summed E-state index contributed by atoms with van der Waals surface area (Å²) in [5.74, 6) is 0.748. The van der Waals surface area contributed by atoms with Gasteiger partial charge in [-0.15, -0.1) is 0 Å². The molecule has 12 heavy (non-hydrogen) atoms. The van der Waals surface area contributed by atoms with Crippen molar-refractivity contribution in [2.24, 2.45) is 11.3 Å². The molecule has 0 saturated carbocycles. The van der Waals surface area contributed by atoms with Crippen molar-refractivity contribution in [1.82, 2.24) is 4.90 Å². The fourth-order valence-corrected chi connectivity index (χ4v) is 1.40. The first-order chi connectivity index (χ1) is 5.24. The molecule has 0 aliphatic rings. The number of rotatable bonds is 3. The van der Waals surface area contributed by atoms with E-state index in [2.05, 4.69) is 53.5 Å². The van der Waals surface area contributed by atoms with E-state index in [4.69, 9.17) is 0 Å². The predicted molar refractivity (Wildman–Crippen MR) is 56.4 cm³/mol. The smallest absolute Gasteiger partial charge is 0.00871 e. The summed E-state index contributed by atoms with van der Waals surface area (Å²) >= 11 is 0. The zero-order chi connectivity index (χ0) is 9.94. The topological polar surface area (TPSA) is 3.24 Å². The molecule has 1 nitrogen and oxygen atoms in total. The van der Waals surface area contributed by atoms with E-state index >= 15 is 0 Å². The molecule has 1 heteroatoms. The van der Waals surface area contributed by atoms with Crippen molar-refractivity contribution in [1.29, 1.82) is 0 Å². The molecule has 0 spiro atoms. The molecule has 0 aliphatic carbocycles. The van der Waals surface area contributed by atoms with Crippen LogP contribution in [0.2, 0.25) is 0 Å². The van der Waals surface area contributed by atoms with Crippen molar-refractivity contribution in [3.63, 3.8) is 0 Å². The van der Waals surface area contributed by atoms with E-state index in [1.54, 1.807) is 0 Å². The summed E-state index contributed by atoms with van der Waals surface area (Å²) in [7, 11) is 2.22. The van der Waals surface area contributed by atoms with Gasteiger partial charge in [-0.25, -0.2) is 0 Å². The lowest BCUT2D eigenvalue weighted by molar-refractivity contribution is 0.151. The Hall–Kier alpha value is -0.0400. The highest BCUT2D eigenvalue weighted by atomic mass is 15.1. The lowest BCUT2D eigenvalue weighted by Gasteiger charge is -2.33. The van der Waals surface area contributed by atoms with Crippen molar-refractivity contribution in [2.45, 2.75) is 47.6 Å². The maximum atomic E-state index is 2.45. The van der Waals surface area contributed by atoms with Gasteiger partial charge in [0.1, 0.15) is 0 Å². The Labute approximate surface area is 78.1 Å². The van der Waals surface area contributed by atoms with E-state index in [1.165, 1.54) is 6.54 Å². The molecule has 0 amide bonds. The first kappa shape index (κ1) is 12.0. The zero-order valence-electron chi connectivity index (χ0n) is 9.81. The van der Waals surface area contributed by atoms with Gasteiger partial charge in [-0.1, -0.05) is 34.6 Å². The van der Waals surface area contributed by atoms with Crippen molar-refractivity contribution in [2.75, 3.05) is 13.6 Å². The average molecular weight is 171 g/mol. The SMILES string of the molecule is CC(C)C(C)N(C)CC(C)(C)C. The Morgan fingerprint density at radius 2 is 1.50 bits per heavy atom. The van der Waals surface area contributed by atoms with E-state index in [-0.39, 0.29) is 0 Å². The molecule has 0 saturated heterocycles. The Morgan fingerprint density at radius 3 is 1.75 bits per heavy atom. The Balaban J connectivity index is 3.95. The van der Waals surface area contributed by atoms with Crippen LogP contribution in [-0.4, -0.2) is 24.5 Å². The second-order valence-electron chi connectivity index (χ2n) is 5.46. The molecule has 0 aromatic heterocycles. The summed E-state index contributed by atoms with van der Waals surface area (Å²) in [6.07, 6.45) is 0. The van der Waals surface area contributed by atoms with E-state index in [0.717, 1.165) is 5.92 Å². The minimum atomic E-state index is 0.415. The first-order valence-corrected chi connectivity index (χ1v) is 4.94. The highest BCUT2D eigenvalue weighted by molar-refractivity contribution is 4.72. The van der Waals surface area contributed by atoms with Crippen LogP contribution in [0.1, 0.15) is 41.5 Å². The van der Waals surface area contributed by atoms with E-state index < -0.39 is 0 Å². The average Bonchev–Trinajstić information content (AvgIpc) is 1.82. The van der Waals surface area contributed by atoms with Crippen LogP contribution >= 0.6 is 0 Å². The molecule has 0 aromatic carbocycles. The van der Waals surface area contributed by atoms with Crippen molar-refractivity contribution in [3.8, 4) is 0 Å². The van der Waals surface area contributed by atoms with Gasteiger partial charge in [0.05, 0.1) is 0 Å². The van der Waals surface area contributed by atoms with Gasteiger partial charge in [0.15, 0.2) is 0 Å². The van der Waals surface area contributed by atoms with Gasteiger partial charge in [-0.2, -0.15) is 0 Å². The third kappa shape index (κ3) is 4.76. The molecule has 0 bridgehead atoms. The highest BCUT2D eigenvalue weighted by Gasteiger charge is 2.19. The molecule has 0 rings (SSSR count). The van der Waals surface area contributed by atoms with Crippen LogP contribution in [0.3, 0.4) is 0 Å². The normalized spacial score (nSPS) is 15.8. The van der Waals surface area contributed by atoms with Gasteiger partial charge >= 0.3 is 0 Å². The van der Waals surface area contributed by atoms with Crippen molar-refractivity contribution >= 4 is 0 Å². The monoisotopic (exact) mass is 171 g/mol. The molecule has 0 heterocycles. The summed E-state index contributed by atoms with van der Waals surface area (Å²) in [5.41, 5.74) is 0.415. The van der Waals surface area contributed by atoms with E-state index in [0.29, 0.717) is 11.5 Å². The summed E-state index contributed by atoms with van der Waals surface area (Å²) in [4.78, 5) is 2.45. The third-order valence-corrected chi connectivity index (χ3v) is 2.38. The Bertz CT molecular complexity index is 121. The molecule has 0 aromatic rings. The maximum Gasteiger partial charge on any atom is 0.00871 e. The summed E-state index contributed by atoms with van der Waals surface area (Å²) < 4.78 is 0. The highest BCUT2D eigenvalue weighted by Crippen LogP contribution is 2.17. The molecule has 0 aliphatic heterocycles. The molecule has 0 N–H and O–H groups in total. The molecule has 74 valence electrons. The molecular formula is C11H25N. The predicted octanol–water partition coefficient (Wildman–Crippen LogP) is 3.01. The lowest BCUT2D eigenvalue weighted by Crippen LogP contribution is -2.38. The van der Waals surface area contributed by atoms with Gasteiger partial charge in [0.2, 0.25) is 0 Å². The number of hydrogen-bond donors (Lipinski definition) is 0. The van der Waals surface area contributed by atoms with Crippen LogP contribution in [0.4, 0.5) is 0 Å². The van der Waals surface area contributed by atoms with Gasteiger partial charge < -0.3 is 4.90 Å². The molecule has 0 radical (unpaired) electrons. The quantitative estimate of drug-likeness (QED) is 0.631. The van der Waals surface area contributed by atoms with Crippen LogP contribution in [0.15, 0.2) is 0 Å². The van der Waals surface area contributed by atoms with Crippen LogP contribution in [0.5, 0.6) is 0 Å². The fraction of sp³-hybridized carbons (Fsp3) is 1.00. The second kappa shape index (κ2) is 4.27. The summed E-state index contributed by atoms with van der Waals surface area (Å²) in [5, 5.41) is 0. The largest absolute Gasteiger partial charge is 0.303 e. The minimum Gasteiger partial charge on any atom is -0.303 e. The van der Waals surface area contributed by atoms with Gasteiger partial charge in [-0.3, -0.25) is 0 Å². The lowest BCUT2D eigenvalue weighted by atomic mass is 9.94. The van der Waals surface area contributed by atoms with Gasteiger partial charge in [0.25, 0.3) is 0 Å². The summed E-state index contributed by atoms with van der Waals surface area (Å²) in [6, 6.07) is 0.684. The number of nitrogens with zero attached hydrogens (tertiary/aromatic N) is 1. The number of hydrogen-bond acceptors (Lipinski definition) is 1. The standard InChI is InChI=1S/C11H25N/c1-9(2)10(3)12(7)8-11(4,5)6/h9-10H,8H2,1-7H3. The van der Waals surface area contributed by atoms with E-state index in [1.807, 2.05) is 0 Å². The van der Waals surface area contributed by atoms with Crippen molar-refractivity contribution < 1.29 is 0 Å². The Morgan fingerprint density at radius 1 is 1.08 bits per heavy atom. The minimum absolute atomic E-state index is 0.415. The van der Waals surface area contributed by atoms with Crippen LogP contribution in [0, 0.1) is 11.3 Å². The Kier molecular flexibility index (Phi) is 4.25. The maximum absolute atomic E-state index is 2.45. The molecule has 1 unspecified atom stereocenters. The first-order valence-electron chi connectivity index (χ1n) is 4.94. The third-order valence-electron chi connectivity index (χ3n) is 2.38.